The summed E-state index contributed by atoms with van der Waals surface area (Å²) in [6.45, 7) is 7.27. The van der Waals surface area contributed by atoms with Crippen molar-refractivity contribution in [1.82, 2.24) is 0 Å². The van der Waals surface area contributed by atoms with E-state index in [1.807, 2.05) is 13.1 Å². The van der Waals surface area contributed by atoms with Crippen molar-refractivity contribution < 1.29 is 22.0 Å². The van der Waals surface area contributed by atoms with Gasteiger partial charge in [0.1, 0.15) is 0 Å². The van der Waals surface area contributed by atoms with E-state index >= 15 is 0 Å². The van der Waals surface area contributed by atoms with Crippen LogP contribution >= 0.6 is 0 Å². The lowest BCUT2D eigenvalue weighted by atomic mass is 11.9. The number of hydrogen-bond donors (Lipinski definition) is 0. The summed E-state index contributed by atoms with van der Waals surface area (Å²) in [6, 6.07) is 0. The second kappa shape index (κ2) is 6.26. The summed E-state index contributed by atoms with van der Waals surface area (Å²) in [5.41, 5.74) is 0. The molecule has 0 spiro atoms. The molecular formula is C4H13O5Si6. The number of rotatable bonds is 6. The fourth-order valence-electron chi connectivity index (χ4n) is 0.995. The zero-order valence-corrected chi connectivity index (χ0v) is 15.3. The molecule has 83 valence electrons. The Morgan fingerprint density at radius 3 is 1.93 bits per heavy atom. The van der Waals surface area contributed by atoms with Gasteiger partial charge in [0, 0.05) is 0 Å². The fraction of sp³-hybridized carbons (Fsp3) is 1.00. The number of hydrogen-bond acceptors (Lipinski definition) is 5. The van der Waals surface area contributed by atoms with Crippen LogP contribution in [0.25, 0.3) is 0 Å². The van der Waals surface area contributed by atoms with Gasteiger partial charge in [0.15, 0.2) is 9.04 Å². The molecule has 0 fully saturated rings. The highest BCUT2D eigenvalue weighted by molar-refractivity contribution is 7.62. The van der Waals surface area contributed by atoms with Crippen LogP contribution in [0.15, 0.2) is 0 Å². The topological polar surface area (TPSA) is 77.5 Å². The van der Waals surface area contributed by atoms with Crippen molar-refractivity contribution in [3.05, 3.63) is 0 Å². The molecule has 0 unspecified atom stereocenters. The van der Waals surface area contributed by atoms with Crippen LogP contribution in [0.5, 0.6) is 0 Å². The van der Waals surface area contributed by atoms with Crippen LogP contribution in [-0.4, -0.2) is 49.0 Å². The summed E-state index contributed by atoms with van der Waals surface area (Å²) >= 11 is 0. The molecular weight excluding hydrogens is 297 g/mol. The Bertz CT molecular complexity index is 311. The summed E-state index contributed by atoms with van der Waals surface area (Å²) in [4.78, 5) is 0. The summed E-state index contributed by atoms with van der Waals surface area (Å²) in [6.07, 6.45) is 0. The largest absolute Gasteiger partial charge is 0.453 e. The molecule has 0 aliphatic carbocycles. The average Bonchev–Trinajstić information content (AvgIpc) is 2.12. The maximum Gasteiger partial charge on any atom is 0.376 e. The molecule has 15 heavy (non-hydrogen) atoms. The van der Waals surface area contributed by atoms with Gasteiger partial charge < -0.3 is 22.0 Å². The van der Waals surface area contributed by atoms with Gasteiger partial charge in [0.05, 0.1) is 0 Å². The Balaban J connectivity index is 4.76. The highest BCUT2D eigenvalue weighted by Gasteiger charge is 2.44. The molecule has 0 rings (SSSR count). The maximum absolute atomic E-state index is 11.9. The minimum absolute atomic E-state index is 0.999. The first-order valence-corrected chi connectivity index (χ1v) is 19.1. The lowest BCUT2D eigenvalue weighted by molar-refractivity contribution is 0.538. The molecule has 0 aromatic heterocycles. The smallest absolute Gasteiger partial charge is 0.376 e. The average molecular weight is 310 g/mol. The molecule has 0 aromatic rings. The molecule has 0 saturated carbocycles. The van der Waals surface area contributed by atoms with Gasteiger partial charge in [0.2, 0.25) is 7.83 Å². The van der Waals surface area contributed by atoms with Crippen molar-refractivity contribution in [3.63, 3.8) is 0 Å². The van der Waals surface area contributed by atoms with E-state index in [9.17, 15) is 17.8 Å². The quantitative estimate of drug-likeness (QED) is 0.603. The Labute approximate surface area is 97.1 Å². The van der Waals surface area contributed by atoms with Gasteiger partial charge in [-0.2, -0.15) is 0 Å². The van der Waals surface area contributed by atoms with Crippen LogP contribution in [-0.2, 0) is 22.0 Å². The Hall–Kier alpha value is 0.461. The summed E-state index contributed by atoms with van der Waals surface area (Å²) in [5, 5.41) is 0. The lowest BCUT2D eigenvalue weighted by Crippen LogP contribution is -2.54. The standard InChI is InChI=1S/C4H13O5Si6/c1-11(2)9-15(3,4)14(8)13(7)12(6)10-5/h10H,1-4H3. The first kappa shape index (κ1) is 15.5. The molecule has 0 atom stereocenters. The summed E-state index contributed by atoms with van der Waals surface area (Å²) < 4.78 is 50.6. The van der Waals surface area contributed by atoms with Crippen LogP contribution < -0.4 is 0 Å². The minimum Gasteiger partial charge on any atom is -0.453 e. The van der Waals surface area contributed by atoms with E-state index in [0.717, 1.165) is 0 Å². The van der Waals surface area contributed by atoms with Crippen LogP contribution in [0, 0.1) is 0 Å². The van der Waals surface area contributed by atoms with Gasteiger partial charge in [-0.15, -0.1) is 0 Å². The van der Waals surface area contributed by atoms with Crippen molar-refractivity contribution in [1.29, 1.82) is 0 Å². The third-order valence-electron chi connectivity index (χ3n) is 1.54. The van der Waals surface area contributed by atoms with E-state index < -0.39 is 49.0 Å². The molecule has 0 heterocycles. The molecule has 0 N–H and O–H groups in total. The summed E-state index contributed by atoms with van der Waals surface area (Å²) in [7, 11) is -12.8. The van der Waals surface area contributed by atoms with Crippen LogP contribution in [0.4, 0.5) is 0 Å². The Morgan fingerprint density at radius 1 is 1.13 bits per heavy atom. The second-order valence-electron chi connectivity index (χ2n) is 3.66. The van der Waals surface area contributed by atoms with Crippen molar-refractivity contribution in [2.24, 2.45) is 0 Å². The molecule has 11 heteroatoms. The molecule has 1 radical (unpaired) electrons. The van der Waals surface area contributed by atoms with Gasteiger partial charge in [-0.05, 0) is 26.2 Å². The molecule has 0 aromatic carbocycles. The highest BCUT2D eigenvalue weighted by Crippen LogP contribution is 2.06. The molecule has 5 nitrogen and oxygen atoms in total. The van der Waals surface area contributed by atoms with E-state index in [-0.39, 0.29) is 0 Å². The maximum atomic E-state index is 11.9. The van der Waals surface area contributed by atoms with Crippen molar-refractivity contribution in [2.45, 2.75) is 26.2 Å². The molecule has 0 amide bonds. The van der Waals surface area contributed by atoms with Crippen molar-refractivity contribution >= 4 is 49.0 Å². The highest BCUT2D eigenvalue weighted by atomic mass is 29.9. The predicted octanol–water partition coefficient (Wildman–Crippen LogP) is -0.761. The molecule has 0 saturated heterocycles. The van der Waals surface area contributed by atoms with E-state index in [1.165, 1.54) is 0 Å². The Kier molecular flexibility index (Phi) is 6.45. The lowest BCUT2D eigenvalue weighted by Gasteiger charge is -2.21. The van der Waals surface area contributed by atoms with Gasteiger partial charge in [-0.3, -0.25) is 0 Å². The SMILES string of the molecule is C[Si](C)O[Si](C)(C)[Si](=O)[Si](=O)[Si](=O)[SiH]=O. The van der Waals surface area contributed by atoms with Crippen LogP contribution in [0.2, 0.25) is 26.2 Å². The third kappa shape index (κ3) is 4.88. The predicted molar refractivity (Wildman–Crippen MR) is 63.2 cm³/mol. The zero-order chi connectivity index (χ0) is 12.2. The van der Waals surface area contributed by atoms with Crippen molar-refractivity contribution in [3.8, 4) is 0 Å². The monoisotopic (exact) mass is 309 g/mol. The van der Waals surface area contributed by atoms with Crippen LogP contribution in [0.3, 0.4) is 0 Å². The molecule has 0 aliphatic heterocycles. The molecule has 0 bridgehead atoms. The molecule has 0 aliphatic rings. The second-order valence-corrected chi connectivity index (χ2v) is 29.1. The zero-order valence-electron chi connectivity index (χ0n) is 9.12. The van der Waals surface area contributed by atoms with E-state index in [4.69, 9.17) is 4.12 Å². The third-order valence-corrected chi connectivity index (χ3v) is 34.8. The summed E-state index contributed by atoms with van der Waals surface area (Å²) in [5.74, 6) is 0. The fourth-order valence-corrected chi connectivity index (χ4v) is 41.4. The first-order chi connectivity index (χ1) is 6.72. The van der Waals surface area contributed by atoms with Crippen LogP contribution in [0.1, 0.15) is 0 Å². The Morgan fingerprint density at radius 2 is 1.60 bits per heavy atom. The van der Waals surface area contributed by atoms with E-state index in [1.54, 1.807) is 13.1 Å². The van der Waals surface area contributed by atoms with Gasteiger partial charge in [0.25, 0.3) is 0 Å². The minimum atomic E-state index is -2.68. The van der Waals surface area contributed by atoms with Gasteiger partial charge >= 0.3 is 32.1 Å². The van der Waals surface area contributed by atoms with Gasteiger partial charge in [-0.25, -0.2) is 0 Å². The van der Waals surface area contributed by atoms with E-state index in [2.05, 4.69) is 0 Å². The van der Waals surface area contributed by atoms with Gasteiger partial charge in [-0.1, -0.05) is 0 Å². The van der Waals surface area contributed by atoms with Crippen molar-refractivity contribution in [2.75, 3.05) is 0 Å². The normalized spacial score (nSPS) is 11.3. The van der Waals surface area contributed by atoms with E-state index in [0.29, 0.717) is 0 Å². The first-order valence-electron chi connectivity index (χ1n) is 4.29.